The van der Waals surface area contributed by atoms with Gasteiger partial charge in [0.25, 0.3) is 5.91 Å². The number of allylic oxidation sites excluding steroid dienone is 2. The molecule has 2 aromatic carbocycles. The molecule has 7 heteroatoms. The lowest BCUT2D eigenvalue weighted by atomic mass is 9.85. The molecule has 1 amide bonds. The van der Waals surface area contributed by atoms with Crippen LogP contribution < -0.4 is 5.32 Å². The van der Waals surface area contributed by atoms with Gasteiger partial charge in [-0.25, -0.2) is 4.79 Å². The summed E-state index contributed by atoms with van der Waals surface area (Å²) in [6.07, 6.45) is 6.63. The standard InChI is InChI=1S/C33H37N3O4/c1-20-7-5-6-14-40-31(20)27-15-21(2)22(3)28-13-12-25(16-26(28)17-27)30-18-29(35-36(30)4)32(37)34-19-23-8-10-24(11-9-23)33(38)39/h8-13,16-18,21-22H,5-7,14-15,19H2,1-4H3,(H,34,37)(H,38,39). The topological polar surface area (TPSA) is 93.5 Å². The molecule has 208 valence electrons. The summed E-state index contributed by atoms with van der Waals surface area (Å²) < 4.78 is 8.01. The lowest BCUT2D eigenvalue weighted by Gasteiger charge is -2.21. The van der Waals surface area contributed by atoms with E-state index >= 15 is 0 Å². The summed E-state index contributed by atoms with van der Waals surface area (Å²) >= 11 is 0. The molecule has 0 fully saturated rings. The van der Waals surface area contributed by atoms with Gasteiger partial charge in [-0.15, -0.1) is 0 Å². The van der Waals surface area contributed by atoms with Crippen molar-refractivity contribution in [3.05, 3.63) is 93.4 Å². The summed E-state index contributed by atoms with van der Waals surface area (Å²) in [6, 6.07) is 14.8. The number of rotatable bonds is 6. The van der Waals surface area contributed by atoms with Crippen molar-refractivity contribution < 1.29 is 19.4 Å². The van der Waals surface area contributed by atoms with Gasteiger partial charge >= 0.3 is 5.97 Å². The number of aromatic nitrogens is 2. The molecule has 7 nitrogen and oxygen atoms in total. The molecular weight excluding hydrogens is 502 g/mol. The van der Waals surface area contributed by atoms with Crippen LogP contribution >= 0.6 is 0 Å². The molecule has 40 heavy (non-hydrogen) atoms. The van der Waals surface area contributed by atoms with Crippen molar-refractivity contribution in [2.45, 2.75) is 58.9 Å². The van der Waals surface area contributed by atoms with Gasteiger partial charge in [0.1, 0.15) is 5.76 Å². The summed E-state index contributed by atoms with van der Waals surface area (Å²) in [5.74, 6) is 0.707. The minimum Gasteiger partial charge on any atom is -0.493 e. The largest absolute Gasteiger partial charge is 0.493 e. The molecule has 5 rings (SSSR count). The predicted octanol–water partition coefficient (Wildman–Crippen LogP) is 6.72. The highest BCUT2D eigenvalue weighted by molar-refractivity contribution is 5.93. The number of hydrogen-bond donors (Lipinski definition) is 2. The van der Waals surface area contributed by atoms with Gasteiger partial charge in [0, 0.05) is 19.2 Å². The molecule has 0 saturated heterocycles. The van der Waals surface area contributed by atoms with Crippen molar-refractivity contribution in [3.63, 3.8) is 0 Å². The molecule has 2 heterocycles. The van der Waals surface area contributed by atoms with Crippen LogP contribution in [0.15, 0.2) is 65.4 Å². The van der Waals surface area contributed by atoms with Crippen LogP contribution in [0.2, 0.25) is 0 Å². The minimum absolute atomic E-state index is 0.213. The van der Waals surface area contributed by atoms with Gasteiger partial charge in [0.15, 0.2) is 5.69 Å². The van der Waals surface area contributed by atoms with Crippen LogP contribution in [0.25, 0.3) is 17.3 Å². The van der Waals surface area contributed by atoms with E-state index in [1.807, 2.05) is 13.1 Å². The van der Waals surface area contributed by atoms with E-state index in [4.69, 9.17) is 9.84 Å². The molecule has 2 aliphatic rings. The first-order chi connectivity index (χ1) is 19.2. The third-order valence-corrected chi connectivity index (χ3v) is 8.24. The maximum atomic E-state index is 12.9. The fraction of sp³-hybridized carbons (Fsp3) is 0.364. The molecule has 2 N–H and O–H groups in total. The van der Waals surface area contributed by atoms with Crippen LogP contribution in [0.4, 0.5) is 0 Å². The number of carboxylic acid groups (broad SMARTS) is 1. The summed E-state index contributed by atoms with van der Waals surface area (Å²) in [6.45, 7) is 7.88. The first-order valence-corrected chi connectivity index (χ1v) is 14.0. The number of amides is 1. The minimum atomic E-state index is -0.977. The fourth-order valence-corrected chi connectivity index (χ4v) is 5.67. The molecule has 1 aromatic heterocycles. The van der Waals surface area contributed by atoms with Crippen LogP contribution in [0, 0.1) is 5.92 Å². The molecular formula is C33H37N3O4. The van der Waals surface area contributed by atoms with E-state index in [2.05, 4.69) is 55.5 Å². The average Bonchev–Trinajstić information content (AvgIpc) is 3.13. The van der Waals surface area contributed by atoms with E-state index < -0.39 is 5.97 Å². The Bertz CT molecular complexity index is 1500. The smallest absolute Gasteiger partial charge is 0.335 e. The summed E-state index contributed by atoms with van der Waals surface area (Å²) in [4.78, 5) is 24.0. The Balaban J connectivity index is 1.40. The van der Waals surface area contributed by atoms with Gasteiger partial charge in [-0.05, 0) is 103 Å². The molecule has 0 bridgehead atoms. The normalized spacial score (nSPS) is 19.1. The van der Waals surface area contributed by atoms with Crippen LogP contribution in [-0.4, -0.2) is 33.4 Å². The Morgan fingerprint density at radius 3 is 2.62 bits per heavy atom. The number of aromatic carboxylic acids is 1. The highest BCUT2D eigenvalue weighted by atomic mass is 16.5. The predicted molar refractivity (Wildman–Crippen MR) is 156 cm³/mol. The van der Waals surface area contributed by atoms with Gasteiger partial charge in [0.05, 0.1) is 17.9 Å². The summed E-state index contributed by atoms with van der Waals surface area (Å²) in [5.41, 5.74) is 8.35. The van der Waals surface area contributed by atoms with E-state index in [0.717, 1.165) is 48.4 Å². The number of carbonyl (C=O) groups is 2. The lowest BCUT2D eigenvalue weighted by molar-refractivity contribution is 0.0696. The Labute approximate surface area is 235 Å². The third-order valence-electron chi connectivity index (χ3n) is 8.24. The Morgan fingerprint density at radius 1 is 1.10 bits per heavy atom. The highest BCUT2D eigenvalue weighted by Gasteiger charge is 2.26. The van der Waals surface area contributed by atoms with Gasteiger partial charge in [-0.1, -0.05) is 38.1 Å². The van der Waals surface area contributed by atoms with Crippen molar-refractivity contribution in [3.8, 4) is 11.3 Å². The number of hydrogen-bond acceptors (Lipinski definition) is 4. The van der Waals surface area contributed by atoms with Gasteiger partial charge < -0.3 is 15.2 Å². The van der Waals surface area contributed by atoms with Crippen molar-refractivity contribution in [2.75, 3.05) is 6.61 Å². The number of nitrogens with zero attached hydrogens (tertiary/aromatic N) is 2. The molecule has 0 saturated carbocycles. The second-order valence-corrected chi connectivity index (χ2v) is 11.1. The number of carboxylic acids is 1. The van der Waals surface area contributed by atoms with Crippen LogP contribution in [0.1, 0.15) is 89.9 Å². The van der Waals surface area contributed by atoms with Crippen molar-refractivity contribution in [1.29, 1.82) is 0 Å². The zero-order chi connectivity index (χ0) is 28.4. The van der Waals surface area contributed by atoms with E-state index in [1.54, 1.807) is 16.8 Å². The SMILES string of the molecule is CC1=C(C2=Cc3cc(-c4cc(C(=O)NCc5ccc(C(=O)O)cc5)nn4C)ccc3C(C)C(C)C2)OCCCC1. The van der Waals surface area contributed by atoms with E-state index in [-0.39, 0.29) is 18.0 Å². The number of aryl methyl sites for hydroxylation is 1. The lowest BCUT2D eigenvalue weighted by Crippen LogP contribution is -2.23. The van der Waals surface area contributed by atoms with Gasteiger partial charge in [-0.2, -0.15) is 5.10 Å². The number of carbonyl (C=O) groups excluding carboxylic acids is 1. The third kappa shape index (κ3) is 5.74. The second-order valence-electron chi connectivity index (χ2n) is 11.1. The Kier molecular flexibility index (Phi) is 7.92. The summed E-state index contributed by atoms with van der Waals surface area (Å²) in [7, 11) is 1.85. The van der Waals surface area contributed by atoms with Gasteiger partial charge in [0.2, 0.25) is 0 Å². The quantitative estimate of drug-likeness (QED) is 0.363. The zero-order valence-corrected chi connectivity index (χ0v) is 23.7. The van der Waals surface area contributed by atoms with Crippen molar-refractivity contribution in [2.24, 2.45) is 13.0 Å². The first-order valence-electron chi connectivity index (χ1n) is 14.0. The molecule has 1 aliphatic heterocycles. The monoisotopic (exact) mass is 539 g/mol. The first kappa shape index (κ1) is 27.4. The fourth-order valence-electron chi connectivity index (χ4n) is 5.67. The number of fused-ring (bicyclic) bond motifs is 1. The van der Waals surface area contributed by atoms with Gasteiger partial charge in [-0.3, -0.25) is 9.48 Å². The Morgan fingerprint density at radius 2 is 1.88 bits per heavy atom. The average molecular weight is 540 g/mol. The van der Waals surface area contributed by atoms with Crippen LogP contribution in [-0.2, 0) is 18.3 Å². The molecule has 3 aromatic rings. The number of ether oxygens (including phenoxy) is 1. The Hall–Kier alpha value is -4.13. The van der Waals surface area contributed by atoms with Crippen LogP contribution in [0.3, 0.4) is 0 Å². The second kappa shape index (κ2) is 11.5. The van der Waals surface area contributed by atoms with E-state index in [1.165, 1.54) is 40.8 Å². The van der Waals surface area contributed by atoms with Crippen molar-refractivity contribution >= 4 is 18.0 Å². The van der Waals surface area contributed by atoms with E-state index in [0.29, 0.717) is 17.5 Å². The number of nitrogens with one attached hydrogen (secondary N) is 1. The molecule has 1 aliphatic carbocycles. The summed E-state index contributed by atoms with van der Waals surface area (Å²) in [5, 5.41) is 16.4. The van der Waals surface area contributed by atoms with Crippen LogP contribution in [0.5, 0.6) is 0 Å². The molecule has 0 spiro atoms. The maximum Gasteiger partial charge on any atom is 0.335 e. The molecule has 2 atom stereocenters. The molecule has 0 radical (unpaired) electrons. The maximum absolute atomic E-state index is 12.9. The zero-order valence-electron chi connectivity index (χ0n) is 23.7. The van der Waals surface area contributed by atoms with Crippen molar-refractivity contribution in [1.82, 2.24) is 15.1 Å². The molecule has 2 unspecified atom stereocenters. The number of benzene rings is 2. The highest BCUT2D eigenvalue weighted by Crippen LogP contribution is 2.41. The van der Waals surface area contributed by atoms with E-state index in [9.17, 15) is 9.59 Å².